The van der Waals surface area contributed by atoms with E-state index < -0.39 is 0 Å². The van der Waals surface area contributed by atoms with E-state index >= 15 is 0 Å². The zero-order chi connectivity index (χ0) is 16.7. The van der Waals surface area contributed by atoms with Crippen molar-refractivity contribution < 1.29 is 9.59 Å². The minimum Gasteiger partial charge on any atom is -0.336 e. The number of hydrogen-bond donors (Lipinski definition) is 1. The number of thiophene rings is 1. The van der Waals surface area contributed by atoms with Gasteiger partial charge in [0.2, 0.25) is 0 Å². The fourth-order valence-electron chi connectivity index (χ4n) is 3.37. The van der Waals surface area contributed by atoms with Gasteiger partial charge < -0.3 is 15.1 Å². The van der Waals surface area contributed by atoms with Crippen molar-refractivity contribution in [2.45, 2.75) is 13.0 Å². The number of nitrogens with zero attached hydrogens (tertiary/aromatic N) is 2. The summed E-state index contributed by atoms with van der Waals surface area (Å²) in [5.74, 6) is 0.0690. The predicted octanol–water partition coefficient (Wildman–Crippen LogP) is 2.57. The summed E-state index contributed by atoms with van der Waals surface area (Å²) in [5, 5.41) is 4.82. The summed E-state index contributed by atoms with van der Waals surface area (Å²) < 4.78 is 0. The van der Waals surface area contributed by atoms with Gasteiger partial charge in [-0.25, -0.2) is 4.79 Å². The largest absolute Gasteiger partial charge is 0.336 e. The van der Waals surface area contributed by atoms with E-state index in [0.717, 1.165) is 16.0 Å². The molecule has 2 aliphatic heterocycles. The maximum atomic E-state index is 13.0. The zero-order valence-electron chi connectivity index (χ0n) is 13.5. The molecule has 0 bridgehead atoms. The quantitative estimate of drug-likeness (QED) is 0.913. The average molecular weight is 341 g/mol. The van der Waals surface area contributed by atoms with Gasteiger partial charge in [0.15, 0.2) is 0 Å². The SMILES string of the molecule is Cc1ccc(-c2ccsc2C(=O)N2CCN3C(=O)NCC3C2)cc1. The lowest BCUT2D eigenvalue weighted by molar-refractivity contribution is 0.0622. The van der Waals surface area contributed by atoms with Crippen LogP contribution in [0.25, 0.3) is 11.1 Å². The summed E-state index contributed by atoms with van der Waals surface area (Å²) in [4.78, 5) is 29.2. The maximum Gasteiger partial charge on any atom is 0.317 e. The molecular formula is C18H19N3O2S. The van der Waals surface area contributed by atoms with Gasteiger partial charge in [-0.15, -0.1) is 11.3 Å². The van der Waals surface area contributed by atoms with Crippen LogP contribution in [0.4, 0.5) is 4.79 Å². The van der Waals surface area contributed by atoms with Crippen LogP contribution < -0.4 is 5.32 Å². The van der Waals surface area contributed by atoms with Gasteiger partial charge in [-0.2, -0.15) is 0 Å². The summed E-state index contributed by atoms with van der Waals surface area (Å²) in [5.41, 5.74) is 3.27. The van der Waals surface area contributed by atoms with Crippen molar-refractivity contribution in [3.05, 3.63) is 46.2 Å². The Morgan fingerprint density at radius 3 is 2.79 bits per heavy atom. The van der Waals surface area contributed by atoms with Crippen LogP contribution in [0, 0.1) is 6.92 Å². The Bertz CT molecular complexity index is 784. The molecule has 0 aliphatic carbocycles. The number of benzene rings is 1. The van der Waals surface area contributed by atoms with Crippen LogP contribution >= 0.6 is 11.3 Å². The van der Waals surface area contributed by atoms with Crippen molar-refractivity contribution in [3.8, 4) is 11.1 Å². The molecule has 4 rings (SSSR count). The molecule has 2 aromatic rings. The molecule has 3 amide bonds. The Labute approximate surface area is 144 Å². The van der Waals surface area contributed by atoms with Crippen molar-refractivity contribution in [2.75, 3.05) is 26.2 Å². The lowest BCUT2D eigenvalue weighted by Gasteiger charge is -2.36. The van der Waals surface area contributed by atoms with Crippen molar-refractivity contribution in [1.29, 1.82) is 0 Å². The van der Waals surface area contributed by atoms with Crippen molar-refractivity contribution in [3.63, 3.8) is 0 Å². The van der Waals surface area contributed by atoms with Gasteiger partial charge in [-0.05, 0) is 23.9 Å². The van der Waals surface area contributed by atoms with E-state index in [1.165, 1.54) is 16.9 Å². The second kappa shape index (κ2) is 5.94. The molecule has 1 atom stereocenters. The number of carbonyl (C=O) groups excluding carboxylic acids is 2. The molecule has 6 heteroatoms. The summed E-state index contributed by atoms with van der Waals surface area (Å²) in [6.07, 6.45) is 0. The third-order valence-corrected chi connectivity index (χ3v) is 5.64. The highest BCUT2D eigenvalue weighted by Crippen LogP contribution is 2.30. The second-order valence-corrected chi connectivity index (χ2v) is 7.23. The lowest BCUT2D eigenvalue weighted by Crippen LogP contribution is -2.53. The molecule has 0 spiro atoms. The molecule has 0 saturated carbocycles. The van der Waals surface area contributed by atoms with Crippen LogP contribution in [0.2, 0.25) is 0 Å². The molecule has 0 radical (unpaired) electrons. The average Bonchev–Trinajstić information content (AvgIpc) is 3.22. The molecule has 2 fully saturated rings. The van der Waals surface area contributed by atoms with Crippen LogP contribution in [0.3, 0.4) is 0 Å². The molecule has 1 N–H and O–H groups in total. The smallest absolute Gasteiger partial charge is 0.317 e. The minimum absolute atomic E-state index is 0.0106. The number of urea groups is 1. The zero-order valence-corrected chi connectivity index (χ0v) is 14.3. The first kappa shape index (κ1) is 15.2. The first-order valence-corrected chi connectivity index (χ1v) is 9.00. The molecule has 1 aromatic carbocycles. The molecule has 3 heterocycles. The molecule has 2 aliphatic rings. The Morgan fingerprint density at radius 2 is 2.00 bits per heavy atom. The van der Waals surface area contributed by atoms with Gasteiger partial charge in [0.25, 0.3) is 5.91 Å². The maximum absolute atomic E-state index is 13.0. The number of aryl methyl sites for hydroxylation is 1. The first-order valence-electron chi connectivity index (χ1n) is 8.12. The Kier molecular flexibility index (Phi) is 3.76. The predicted molar refractivity (Wildman–Crippen MR) is 94.3 cm³/mol. The van der Waals surface area contributed by atoms with Gasteiger partial charge in [-0.1, -0.05) is 29.8 Å². The van der Waals surface area contributed by atoms with E-state index in [1.54, 1.807) is 0 Å². The topological polar surface area (TPSA) is 52.7 Å². The van der Waals surface area contributed by atoms with E-state index in [4.69, 9.17) is 0 Å². The van der Waals surface area contributed by atoms with E-state index in [2.05, 4.69) is 36.5 Å². The Hall–Kier alpha value is -2.34. The van der Waals surface area contributed by atoms with Gasteiger partial charge in [-0.3, -0.25) is 4.79 Å². The first-order chi connectivity index (χ1) is 11.6. The molecular weight excluding hydrogens is 322 g/mol. The highest BCUT2D eigenvalue weighted by atomic mass is 32.1. The lowest BCUT2D eigenvalue weighted by atomic mass is 10.0. The van der Waals surface area contributed by atoms with Gasteiger partial charge in [0.1, 0.15) is 0 Å². The van der Waals surface area contributed by atoms with Crippen LogP contribution in [0.1, 0.15) is 15.2 Å². The summed E-state index contributed by atoms with van der Waals surface area (Å²) >= 11 is 1.49. The van der Waals surface area contributed by atoms with Crippen molar-refractivity contribution in [2.24, 2.45) is 0 Å². The molecule has 124 valence electrons. The molecule has 24 heavy (non-hydrogen) atoms. The van der Waals surface area contributed by atoms with Gasteiger partial charge >= 0.3 is 6.03 Å². The monoisotopic (exact) mass is 341 g/mol. The van der Waals surface area contributed by atoms with Gasteiger partial charge in [0.05, 0.1) is 10.9 Å². The number of rotatable bonds is 2. The third kappa shape index (κ3) is 2.57. The normalized spacial score (nSPS) is 20.0. The van der Waals surface area contributed by atoms with Crippen LogP contribution in [0.15, 0.2) is 35.7 Å². The standard InChI is InChI=1S/C18H19N3O2S/c1-12-2-4-13(5-3-12)15-6-9-24-16(15)17(22)20-7-8-21-14(11-20)10-19-18(21)23/h2-6,9,14H,7-8,10-11H2,1H3,(H,19,23). The number of piperazine rings is 1. The molecule has 1 unspecified atom stereocenters. The van der Waals surface area contributed by atoms with E-state index in [0.29, 0.717) is 26.2 Å². The molecule has 2 saturated heterocycles. The fraction of sp³-hybridized carbons (Fsp3) is 0.333. The van der Waals surface area contributed by atoms with Crippen LogP contribution in [-0.4, -0.2) is 54.0 Å². The number of carbonyl (C=O) groups is 2. The minimum atomic E-state index is -0.0106. The highest BCUT2D eigenvalue weighted by molar-refractivity contribution is 7.12. The summed E-state index contributed by atoms with van der Waals surface area (Å²) in [7, 11) is 0. The van der Waals surface area contributed by atoms with Crippen LogP contribution in [-0.2, 0) is 0 Å². The summed E-state index contributed by atoms with van der Waals surface area (Å²) in [6, 6.07) is 10.4. The molecule has 1 aromatic heterocycles. The number of nitrogens with one attached hydrogen (secondary N) is 1. The van der Waals surface area contributed by atoms with Crippen molar-refractivity contribution in [1.82, 2.24) is 15.1 Å². The summed E-state index contributed by atoms with van der Waals surface area (Å²) in [6.45, 7) is 4.47. The fourth-order valence-corrected chi connectivity index (χ4v) is 4.25. The van der Waals surface area contributed by atoms with E-state index in [9.17, 15) is 9.59 Å². The number of fused-ring (bicyclic) bond motifs is 1. The highest BCUT2D eigenvalue weighted by Gasteiger charge is 2.37. The van der Waals surface area contributed by atoms with Gasteiger partial charge in [0, 0.05) is 31.7 Å². The van der Waals surface area contributed by atoms with E-state index in [1.807, 2.05) is 21.2 Å². The third-order valence-electron chi connectivity index (χ3n) is 4.74. The second-order valence-electron chi connectivity index (χ2n) is 6.31. The molecule has 5 nitrogen and oxygen atoms in total. The number of hydrogen-bond acceptors (Lipinski definition) is 3. The Morgan fingerprint density at radius 1 is 1.21 bits per heavy atom. The van der Waals surface area contributed by atoms with Crippen molar-refractivity contribution >= 4 is 23.3 Å². The van der Waals surface area contributed by atoms with Crippen LogP contribution in [0.5, 0.6) is 0 Å². The van der Waals surface area contributed by atoms with E-state index in [-0.39, 0.29) is 18.0 Å². The Balaban J connectivity index is 1.57. The number of amides is 3.